The third kappa shape index (κ3) is 3.75. The van der Waals surface area contributed by atoms with Crippen molar-refractivity contribution in [1.29, 1.82) is 0 Å². The highest BCUT2D eigenvalue weighted by molar-refractivity contribution is 5.70. The molecule has 18 heavy (non-hydrogen) atoms. The van der Waals surface area contributed by atoms with Gasteiger partial charge in [-0.05, 0) is 6.07 Å². The van der Waals surface area contributed by atoms with Gasteiger partial charge in [0.25, 0.3) is 0 Å². The van der Waals surface area contributed by atoms with E-state index in [9.17, 15) is 22.4 Å². The number of nitrogens with two attached hydrogens (primary N) is 1. The lowest BCUT2D eigenvalue weighted by atomic mass is 10.1. The van der Waals surface area contributed by atoms with Crippen molar-refractivity contribution in [2.24, 2.45) is 0 Å². The molecule has 0 bridgehead atoms. The average molecular weight is 268 g/mol. The molecule has 0 atom stereocenters. The zero-order chi connectivity index (χ0) is 13.9. The molecular weight excluding hydrogens is 260 g/mol. The van der Waals surface area contributed by atoms with Gasteiger partial charge in [0.15, 0.2) is 0 Å². The van der Waals surface area contributed by atoms with E-state index in [4.69, 9.17) is 10.8 Å². The molecule has 0 aromatic carbocycles. The summed E-state index contributed by atoms with van der Waals surface area (Å²) in [4.78, 5) is 13.7. The minimum Gasteiger partial charge on any atom is -0.481 e. The summed E-state index contributed by atoms with van der Waals surface area (Å²) in [6.45, 7) is -1.16. The fraction of sp³-hybridized carbons (Fsp3) is 0.333. The Morgan fingerprint density at radius 3 is 2.56 bits per heavy atom. The van der Waals surface area contributed by atoms with Crippen LogP contribution in [0.5, 0.6) is 5.88 Å². The number of carboxylic acids is 1. The van der Waals surface area contributed by atoms with Crippen molar-refractivity contribution in [2.75, 3.05) is 5.73 Å². The summed E-state index contributed by atoms with van der Waals surface area (Å²) in [5.74, 6) is -2.37. The molecule has 0 fully saturated rings. The number of nitrogens with zero attached hydrogens (tertiary/aromatic N) is 1. The molecule has 3 N–H and O–H groups in total. The number of halogens is 4. The molecule has 0 radical (unpaired) electrons. The second-order valence-electron chi connectivity index (χ2n) is 3.24. The number of aromatic nitrogens is 1. The van der Waals surface area contributed by atoms with Crippen molar-refractivity contribution < 1.29 is 32.2 Å². The molecule has 0 saturated heterocycles. The molecule has 5 nitrogen and oxygen atoms in total. The van der Waals surface area contributed by atoms with Gasteiger partial charge in [-0.3, -0.25) is 4.79 Å². The van der Waals surface area contributed by atoms with E-state index in [1.165, 1.54) is 0 Å². The lowest BCUT2D eigenvalue weighted by molar-refractivity contribution is -0.275. The number of anilines is 1. The zero-order valence-electron chi connectivity index (χ0n) is 8.79. The van der Waals surface area contributed by atoms with Crippen LogP contribution in [-0.4, -0.2) is 22.4 Å². The quantitative estimate of drug-likeness (QED) is 0.811. The van der Waals surface area contributed by atoms with E-state index in [1.54, 1.807) is 0 Å². The van der Waals surface area contributed by atoms with Gasteiger partial charge >= 0.3 is 12.3 Å². The number of rotatable bonds is 4. The van der Waals surface area contributed by atoms with E-state index in [0.717, 1.165) is 6.07 Å². The number of ether oxygens (including phenoxy) is 1. The SMILES string of the molecule is Nc1c(CF)cc(CC(=O)O)nc1OC(F)(F)F. The van der Waals surface area contributed by atoms with Crippen LogP contribution in [0.25, 0.3) is 0 Å². The maximum atomic E-state index is 12.5. The van der Waals surface area contributed by atoms with Gasteiger partial charge in [-0.25, -0.2) is 9.37 Å². The van der Waals surface area contributed by atoms with E-state index in [0.29, 0.717) is 0 Å². The van der Waals surface area contributed by atoms with Crippen LogP contribution < -0.4 is 10.5 Å². The predicted molar refractivity (Wildman–Crippen MR) is 51.5 cm³/mol. The van der Waals surface area contributed by atoms with Gasteiger partial charge in [0.2, 0.25) is 5.88 Å². The van der Waals surface area contributed by atoms with Crippen molar-refractivity contribution in [3.63, 3.8) is 0 Å². The van der Waals surface area contributed by atoms with Crippen LogP contribution >= 0.6 is 0 Å². The highest BCUT2D eigenvalue weighted by atomic mass is 19.4. The molecule has 9 heteroatoms. The highest BCUT2D eigenvalue weighted by Crippen LogP contribution is 2.30. The smallest absolute Gasteiger partial charge is 0.481 e. The van der Waals surface area contributed by atoms with Gasteiger partial charge in [-0.2, -0.15) is 0 Å². The van der Waals surface area contributed by atoms with Crippen LogP contribution in [0.3, 0.4) is 0 Å². The first kappa shape index (κ1) is 14.0. The normalized spacial score (nSPS) is 11.3. The molecule has 1 aromatic heterocycles. The fourth-order valence-electron chi connectivity index (χ4n) is 1.18. The van der Waals surface area contributed by atoms with Crippen LogP contribution in [0.2, 0.25) is 0 Å². The summed E-state index contributed by atoms with van der Waals surface area (Å²) >= 11 is 0. The Bertz CT molecular complexity index is 462. The maximum Gasteiger partial charge on any atom is 0.574 e. The molecule has 0 amide bonds. The standard InChI is InChI=1S/C9H8F4N2O3/c10-3-4-1-5(2-6(16)17)15-8(7(4)14)18-9(11,12)13/h1H,2-3,14H2,(H,16,17). The lowest BCUT2D eigenvalue weighted by Crippen LogP contribution is -2.20. The second kappa shape index (κ2) is 5.07. The molecule has 1 rings (SSSR count). The maximum absolute atomic E-state index is 12.5. The van der Waals surface area contributed by atoms with E-state index >= 15 is 0 Å². The zero-order valence-corrected chi connectivity index (χ0v) is 8.79. The minimum atomic E-state index is -5.05. The molecule has 0 saturated carbocycles. The van der Waals surface area contributed by atoms with E-state index in [-0.39, 0.29) is 11.3 Å². The highest BCUT2D eigenvalue weighted by Gasteiger charge is 2.33. The van der Waals surface area contributed by atoms with Crippen LogP contribution in [0.15, 0.2) is 6.07 Å². The molecule has 100 valence electrons. The summed E-state index contributed by atoms with van der Waals surface area (Å²) < 4.78 is 52.1. The van der Waals surface area contributed by atoms with Crippen LogP contribution in [0.4, 0.5) is 23.2 Å². The molecule has 0 unspecified atom stereocenters. The number of carboxylic acid groups (broad SMARTS) is 1. The summed E-state index contributed by atoms with van der Waals surface area (Å²) in [6, 6.07) is 0.979. The Morgan fingerprint density at radius 2 is 2.11 bits per heavy atom. The van der Waals surface area contributed by atoms with Crippen LogP contribution in [0.1, 0.15) is 11.3 Å². The van der Waals surface area contributed by atoms with Crippen LogP contribution in [-0.2, 0) is 17.9 Å². The molecule has 0 spiro atoms. The number of nitrogen functional groups attached to an aromatic ring is 1. The van der Waals surface area contributed by atoms with Crippen molar-refractivity contribution in [3.8, 4) is 5.88 Å². The third-order valence-electron chi connectivity index (χ3n) is 1.85. The first-order valence-electron chi connectivity index (χ1n) is 4.54. The van der Waals surface area contributed by atoms with Crippen molar-refractivity contribution in [3.05, 3.63) is 17.3 Å². The number of alkyl halides is 4. The number of carbonyl (C=O) groups is 1. The van der Waals surface area contributed by atoms with E-state index < -0.39 is 37.0 Å². The fourth-order valence-corrected chi connectivity index (χ4v) is 1.18. The molecule has 0 aliphatic carbocycles. The molecule has 0 aliphatic heterocycles. The van der Waals surface area contributed by atoms with Crippen molar-refractivity contribution in [2.45, 2.75) is 19.5 Å². The van der Waals surface area contributed by atoms with Crippen LogP contribution in [0, 0.1) is 0 Å². The summed E-state index contributed by atoms with van der Waals surface area (Å²) in [5, 5.41) is 8.50. The number of hydrogen-bond acceptors (Lipinski definition) is 4. The van der Waals surface area contributed by atoms with E-state index in [1.807, 2.05) is 0 Å². The number of aliphatic carboxylic acids is 1. The Labute approximate surface area is 98.2 Å². The van der Waals surface area contributed by atoms with Gasteiger partial charge in [0.05, 0.1) is 12.1 Å². The second-order valence-corrected chi connectivity index (χ2v) is 3.24. The summed E-state index contributed by atoms with van der Waals surface area (Å²) in [5.41, 5.74) is 4.04. The van der Waals surface area contributed by atoms with Gasteiger partial charge in [0, 0.05) is 5.56 Å². The number of hydrogen-bond donors (Lipinski definition) is 2. The lowest BCUT2D eigenvalue weighted by Gasteiger charge is -2.13. The Morgan fingerprint density at radius 1 is 1.50 bits per heavy atom. The van der Waals surface area contributed by atoms with Gasteiger partial charge in [-0.1, -0.05) is 0 Å². The third-order valence-corrected chi connectivity index (χ3v) is 1.85. The minimum absolute atomic E-state index is 0.274. The van der Waals surface area contributed by atoms with Crippen molar-refractivity contribution in [1.82, 2.24) is 4.98 Å². The Kier molecular flexibility index (Phi) is 3.94. The van der Waals surface area contributed by atoms with Gasteiger partial charge < -0.3 is 15.6 Å². The van der Waals surface area contributed by atoms with Crippen molar-refractivity contribution >= 4 is 11.7 Å². The van der Waals surface area contributed by atoms with E-state index in [2.05, 4.69) is 9.72 Å². The van der Waals surface area contributed by atoms with Gasteiger partial charge in [0.1, 0.15) is 12.4 Å². The largest absolute Gasteiger partial charge is 0.574 e. The summed E-state index contributed by atoms with van der Waals surface area (Å²) in [7, 11) is 0. The first-order chi connectivity index (χ1) is 8.23. The molecule has 1 aromatic rings. The topological polar surface area (TPSA) is 85.4 Å². The molecular formula is C9H8F4N2O3. The molecule has 1 heterocycles. The Balaban J connectivity index is 3.18. The number of pyridine rings is 1. The summed E-state index contributed by atoms with van der Waals surface area (Å²) in [6.07, 6.45) is -5.71. The monoisotopic (exact) mass is 268 g/mol. The molecule has 0 aliphatic rings. The average Bonchev–Trinajstić information content (AvgIpc) is 2.19. The van der Waals surface area contributed by atoms with Gasteiger partial charge in [-0.15, -0.1) is 13.2 Å². The Hall–Kier alpha value is -2.06. The predicted octanol–water partition coefficient (Wildman–Crippen LogP) is 1.66. The first-order valence-corrected chi connectivity index (χ1v) is 4.54.